The first kappa shape index (κ1) is 13.5. The van der Waals surface area contributed by atoms with Gasteiger partial charge in [-0.15, -0.1) is 0 Å². The third kappa shape index (κ3) is 4.12. The van der Waals surface area contributed by atoms with E-state index in [1.807, 2.05) is 0 Å². The predicted molar refractivity (Wildman–Crippen MR) is 67.4 cm³/mol. The monoisotopic (exact) mass is 226 g/mol. The minimum atomic E-state index is 0.354. The fourth-order valence-electron chi connectivity index (χ4n) is 2.39. The predicted octanol–water partition coefficient (Wildman–Crippen LogP) is 2.17. The third-order valence-corrected chi connectivity index (χ3v) is 3.38. The fraction of sp³-hybridized carbons (Fsp3) is 0.923. The van der Waals surface area contributed by atoms with Crippen molar-refractivity contribution in [3.63, 3.8) is 0 Å². The van der Waals surface area contributed by atoms with Crippen LogP contribution >= 0.6 is 0 Å². The summed E-state index contributed by atoms with van der Waals surface area (Å²) in [5.74, 6) is 0.354. The van der Waals surface area contributed by atoms with E-state index in [1.165, 1.54) is 19.3 Å². The SMILES string of the molecule is CCCCCCC(=O)N(CC)C1CCNC1. The number of likely N-dealkylation sites (N-methyl/N-ethyl adjacent to an activating group) is 1. The van der Waals surface area contributed by atoms with Gasteiger partial charge in [-0.05, 0) is 26.3 Å². The molecule has 1 atom stereocenters. The number of unbranched alkanes of at least 4 members (excludes halogenated alkanes) is 3. The average molecular weight is 226 g/mol. The molecule has 0 spiro atoms. The third-order valence-electron chi connectivity index (χ3n) is 3.38. The number of carbonyl (C=O) groups is 1. The van der Waals surface area contributed by atoms with Crippen molar-refractivity contribution in [3.8, 4) is 0 Å². The zero-order valence-corrected chi connectivity index (χ0v) is 10.8. The minimum absolute atomic E-state index is 0.354. The highest BCUT2D eigenvalue weighted by atomic mass is 16.2. The molecular formula is C13H26N2O. The summed E-state index contributed by atoms with van der Waals surface area (Å²) >= 11 is 0. The molecule has 1 unspecified atom stereocenters. The van der Waals surface area contributed by atoms with E-state index in [4.69, 9.17) is 0 Å². The first-order valence-electron chi connectivity index (χ1n) is 6.79. The van der Waals surface area contributed by atoms with Crippen molar-refractivity contribution in [1.82, 2.24) is 10.2 Å². The minimum Gasteiger partial charge on any atom is -0.339 e. The number of nitrogens with zero attached hydrogens (tertiary/aromatic N) is 1. The Morgan fingerprint density at radius 1 is 1.31 bits per heavy atom. The molecule has 3 heteroatoms. The highest BCUT2D eigenvalue weighted by Gasteiger charge is 2.24. The number of hydrogen-bond acceptors (Lipinski definition) is 2. The van der Waals surface area contributed by atoms with Crippen LogP contribution < -0.4 is 5.32 Å². The van der Waals surface area contributed by atoms with Crippen LogP contribution in [0, 0.1) is 0 Å². The van der Waals surface area contributed by atoms with E-state index in [-0.39, 0.29) is 0 Å². The lowest BCUT2D eigenvalue weighted by Gasteiger charge is -2.27. The standard InChI is InChI=1S/C13H26N2O/c1-3-5-6-7-8-13(16)15(4-2)12-9-10-14-11-12/h12,14H,3-11H2,1-2H3. The molecule has 0 radical (unpaired) electrons. The van der Waals surface area contributed by atoms with Crippen LogP contribution in [0.2, 0.25) is 0 Å². The van der Waals surface area contributed by atoms with Crippen molar-refractivity contribution in [2.75, 3.05) is 19.6 Å². The molecule has 1 saturated heterocycles. The second-order valence-corrected chi connectivity index (χ2v) is 4.64. The summed E-state index contributed by atoms with van der Waals surface area (Å²) in [6.07, 6.45) is 6.60. The molecule has 1 rings (SSSR count). The molecule has 1 fully saturated rings. The molecule has 0 aliphatic carbocycles. The van der Waals surface area contributed by atoms with Crippen LogP contribution in [0.4, 0.5) is 0 Å². The van der Waals surface area contributed by atoms with Crippen LogP contribution in [0.1, 0.15) is 52.4 Å². The number of hydrogen-bond donors (Lipinski definition) is 1. The summed E-state index contributed by atoms with van der Waals surface area (Å²) in [6, 6.07) is 0.448. The fourth-order valence-corrected chi connectivity index (χ4v) is 2.39. The van der Waals surface area contributed by atoms with Gasteiger partial charge in [0.2, 0.25) is 5.91 Å². The van der Waals surface area contributed by atoms with Crippen LogP contribution in [0.25, 0.3) is 0 Å². The maximum Gasteiger partial charge on any atom is 0.222 e. The van der Waals surface area contributed by atoms with Gasteiger partial charge < -0.3 is 10.2 Å². The summed E-state index contributed by atoms with van der Waals surface area (Å²) < 4.78 is 0. The second kappa shape index (κ2) is 7.66. The van der Waals surface area contributed by atoms with Crippen LogP contribution in [-0.4, -0.2) is 36.5 Å². The summed E-state index contributed by atoms with van der Waals surface area (Å²) in [5.41, 5.74) is 0. The molecule has 16 heavy (non-hydrogen) atoms. The van der Waals surface area contributed by atoms with Crippen molar-refractivity contribution in [2.45, 2.75) is 58.4 Å². The Kier molecular flexibility index (Phi) is 6.46. The van der Waals surface area contributed by atoms with Gasteiger partial charge in [0, 0.05) is 25.6 Å². The first-order valence-corrected chi connectivity index (χ1v) is 6.79. The van der Waals surface area contributed by atoms with Gasteiger partial charge in [-0.2, -0.15) is 0 Å². The zero-order valence-electron chi connectivity index (χ0n) is 10.8. The summed E-state index contributed by atoms with van der Waals surface area (Å²) in [5, 5.41) is 3.32. The second-order valence-electron chi connectivity index (χ2n) is 4.64. The van der Waals surface area contributed by atoms with Gasteiger partial charge in [-0.3, -0.25) is 4.79 Å². The highest BCUT2D eigenvalue weighted by Crippen LogP contribution is 2.12. The highest BCUT2D eigenvalue weighted by molar-refractivity contribution is 5.76. The number of nitrogens with one attached hydrogen (secondary N) is 1. The average Bonchev–Trinajstić information content (AvgIpc) is 2.79. The van der Waals surface area contributed by atoms with E-state index in [0.29, 0.717) is 11.9 Å². The molecule has 0 aromatic rings. The molecule has 1 aliphatic heterocycles. The van der Waals surface area contributed by atoms with E-state index in [1.54, 1.807) is 0 Å². The molecule has 0 saturated carbocycles. The van der Waals surface area contributed by atoms with Gasteiger partial charge >= 0.3 is 0 Å². The summed E-state index contributed by atoms with van der Waals surface area (Å²) in [6.45, 7) is 7.18. The normalized spacial score (nSPS) is 20.0. The van der Waals surface area contributed by atoms with Gasteiger partial charge in [-0.1, -0.05) is 26.2 Å². The Bertz CT molecular complexity index is 200. The molecule has 1 amide bonds. The molecule has 0 aromatic carbocycles. The van der Waals surface area contributed by atoms with Gasteiger partial charge in [0.1, 0.15) is 0 Å². The molecule has 94 valence electrons. The lowest BCUT2D eigenvalue weighted by Crippen LogP contribution is -2.41. The van der Waals surface area contributed by atoms with E-state index in [0.717, 1.165) is 38.9 Å². The maximum atomic E-state index is 12.0. The number of amides is 1. The lowest BCUT2D eigenvalue weighted by molar-refractivity contribution is -0.133. The van der Waals surface area contributed by atoms with E-state index >= 15 is 0 Å². The lowest BCUT2D eigenvalue weighted by atomic mass is 10.1. The van der Waals surface area contributed by atoms with Gasteiger partial charge in [0.05, 0.1) is 0 Å². The molecule has 1 heterocycles. The van der Waals surface area contributed by atoms with E-state index in [2.05, 4.69) is 24.1 Å². The van der Waals surface area contributed by atoms with E-state index in [9.17, 15) is 4.79 Å². The molecule has 0 bridgehead atoms. The Hall–Kier alpha value is -0.570. The van der Waals surface area contributed by atoms with Crippen molar-refractivity contribution < 1.29 is 4.79 Å². The molecule has 3 nitrogen and oxygen atoms in total. The van der Waals surface area contributed by atoms with Crippen LogP contribution in [0.3, 0.4) is 0 Å². The molecule has 1 aliphatic rings. The smallest absolute Gasteiger partial charge is 0.222 e. The van der Waals surface area contributed by atoms with Gasteiger partial charge in [0.25, 0.3) is 0 Å². The van der Waals surface area contributed by atoms with Crippen molar-refractivity contribution >= 4 is 5.91 Å². The zero-order chi connectivity index (χ0) is 11.8. The molecule has 0 aromatic heterocycles. The van der Waals surface area contributed by atoms with E-state index < -0.39 is 0 Å². The first-order chi connectivity index (χ1) is 7.79. The van der Waals surface area contributed by atoms with Crippen molar-refractivity contribution in [2.24, 2.45) is 0 Å². The quantitative estimate of drug-likeness (QED) is 0.675. The Morgan fingerprint density at radius 2 is 2.12 bits per heavy atom. The van der Waals surface area contributed by atoms with Gasteiger partial charge in [-0.25, -0.2) is 0 Å². The van der Waals surface area contributed by atoms with Crippen LogP contribution in [0.5, 0.6) is 0 Å². The Labute approximate surface area is 99.6 Å². The largest absolute Gasteiger partial charge is 0.339 e. The van der Waals surface area contributed by atoms with Crippen molar-refractivity contribution in [1.29, 1.82) is 0 Å². The topological polar surface area (TPSA) is 32.3 Å². The molecule has 1 N–H and O–H groups in total. The van der Waals surface area contributed by atoms with Crippen LogP contribution in [0.15, 0.2) is 0 Å². The maximum absolute atomic E-state index is 12.0. The number of rotatable bonds is 7. The molecular weight excluding hydrogens is 200 g/mol. The van der Waals surface area contributed by atoms with Crippen LogP contribution in [-0.2, 0) is 4.79 Å². The Balaban J connectivity index is 2.25. The Morgan fingerprint density at radius 3 is 2.69 bits per heavy atom. The van der Waals surface area contributed by atoms with Gasteiger partial charge in [0.15, 0.2) is 0 Å². The van der Waals surface area contributed by atoms with Crippen molar-refractivity contribution in [3.05, 3.63) is 0 Å². The summed E-state index contributed by atoms with van der Waals surface area (Å²) in [7, 11) is 0. The summed E-state index contributed by atoms with van der Waals surface area (Å²) in [4.78, 5) is 14.1. The number of carbonyl (C=O) groups excluding carboxylic acids is 1.